The minimum Gasteiger partial charge on any atom is -0.331 e. The summed E-state index contributed by atoms with van der Waals surface area (Å²) in [6.07, 6.45) is -1.25. The normalized spacial score (nSPS) is 19.1. The molecule has 0 bridgehead atoms. The SMILES string of the molecule is CC(C)(C)c1ncc(C(=O)N2CCN(CC(F)(F)F)CC2(C)C)cn1. The van der Waals surface area contributed by atoms with E-state index < -0.39 is 18.3 Å². The van der Waals surface area contributed by atoms with E-state index in [-0.39, 0.29) is 31.0 Å². The Hall–Kier alpha value is -1.70. The molecule has 2 rings (SSSR count). The fraction of sp³-hybridized carbons (Fsp3) is 0.706. The van der Waals surface area contributed by atoms with E-state index in [2.05, 4.69) is 9.97 Å². The summed E-state index contributed by atoms with van der Waals surface area (Å²) in [4.78, 5) is 24.2. The first kappa shape index (κ1) is 19.6. The van der Waals surface area contributed by atoms with Crippen LogP contribution in [0.5, 0.6) is 0 Å². The molecule has 8 heteroatoms. The predicted molar refractivity (Wildman–Crippen MR) is 88.3 cm³/mol. The van der Waals surface area contributed by atoms with Gasteiger partial charge < -0.3 is 4.90 Å². The van der Waals surface area contributed by atoms with Gasteiger partial charge in [0.1, 0.15) is 5.82 Å². The topological polar surface area (TPSA) is 49.3 Å². The highest BCUT2D eigenvalue weighted by Gasteiger charge is 2.41. The zero-order valence-electron chi connectivity index (χ0n) is 15.3. The molecule has 1 amide bonds. The van der Waals surface area contributed by atoms with Crippen LogP contribution in [-0.4, -0.2) is 63.6 Å². The number of carbonyl (C=O) groups excluding carboxylic acids is 1. The summed E-state index contributed by atoms with van der Waals surface area (Å²) < 4.78 is 37.8. The van der Waals surface area contributed by atoms with Crippen molar-refractivity contribution in [3.63, 3.8) is 0 Å². The van der Waals surface area contributed by atoms with Gasteiger partial charge in [-0.25, -0.2) is 9.97 Å². The fourth-order valence-electron chi connectivity index (χ4n) is 3.00. The van der Waals surface area contributed by atoms with Gasteiger partial charge in [0, 0.05) is 37.4 Å². The third-order valence-corrected chi connectivity index (χ3v) is 4.20. The van der Waals surface area contributed by atoms with Gasteiger partial charge in [-0.15, -0.1) is 0 Å². The predicted octanol–water partition coefficient (Wildman–Crippen LogP) is 2.87. The standard InChI is InChI=1S/C17H25F3N4O/c1-15(2,3)14-21-8-12(9-22-14)13(25)24-7-6-23(10-16(24,4)5)11-17(18,19)20/h8-9H,6-7,10-11H2,1-5H3. The molecule has 1 aromatic rings. The highest BCUT2D eigenvalue weighted by molar-refractivity contribution is 5.94. The van der Waals surface area contributed by atoms with Crippen LogP contribution >= 0.6 is 0 Å². The first-order chi connectivity index (χ1) is 11.3. The number of halogens is 3. The number of rotatable bonds is 2. The van der Waals surface area contributed by atoms with E-state index in [1.54, 1.807) is 18.7 Å². The van der Waals surface area contributed by atoms with Gasteiger partial charge in [-0.3, -0.25) is 9.69 Å². The van der Waals surface area contributed by atoms with Crippen molar-refractivity contribution in [2.45, 2.75) is 51.7 Å². The van der Waals surface area contributed by atoms with E-state index in [9.17, 15) is 18.0 Å². The largest absolute Gasteiger partial charge is 0.401 e. The van der Waals surface area contributed by atoms with E-state index in [1.807, 2.05) is 20.8 Å². The second-order valence-corrected chi connectivity index (χ2v) is 8.14. The Bertz CT molecular complexity index is 620. The van der Waals surface area contributed by atoms with Crippen molar-refractivity contribution >= 4 is 5.91 Å². The molecule has 1 aliphatic heterocycles. The summed E-state index contributed by atoms with van der Waals surface area (Å²) in [5, 5.41) is 0. The minimum atomic E-state index is -4.24. The Labute approximate surface area is 146 Å². The minimum absolute atomic E-state index is 0.166. The molecule has 0 spiro atoms. The number of nitrogens with zero attached hydrogens (tertiary/aromatic N) is 4. The lowest BCUT2D eigenvalue weighted by atomic mass is 9.95. The Morgan fingerprint density at radius 3 is 2.16 bits per heavy atom. The Balaban J connectivity index is 2.12. The zero-order valence-corrected chi connectivity index (χ0v) is 15.3. The Kier molecular flexibility index (Phi) is 5.14. The average molecular weight is 358 g/mol. The van der Waals surface area contributed by atoms with Gasteiger partial charge in [0.05, 0.1) is 17.6 Å². The lowest BCUT2D eigenvalue weighted by Gasteiger charge is -2.47. The maximum Gasteiger partial charge on any atom is 0.401 e. The van der Waals surface area contributed by atoms with Crippen LogP contribution < -0.4 is 0 Å². The molecule has 0 saturated carbocycles. The number of hydrogen-bond acceptors (Lipinski definition) is 4. The lowest BCUT2D eigenvalue weighted by molar-refractivity contribution is -0.153. The van der Waals surface area contributed by atoms with Gasteiger partial charge in [-0.05, 0) is 13.8 Å². The highest BCUT2D eigenvalue weighted by Crippen LogP contribution is 2.26. The first-order valence-corrected chi connectivity index (χ1v) is 8.23. The van der Waals surface area contributed by atoms with Gasteiger partial charge in [0.2, 0.25) is 0 Å². The molecule has 5 nitrogen and oxygen atoms in total. The molecular formula is C17H25F3N4O. The molecule has 1 fully saturated rings. The molecule has 25 heavy (non-hydrogen) atoms. The molecule has 0 aromatic carbocycles. The van der Waals surface area contributed by atoms with Crippen molar-refractivity contribution in [2.75, 3.05) is 26.2 Å². The van der Waals surface area contributed by atoms with Crippen molar-refractivity contribution in [2.24, 2.45) is 0 Å². The molecule has 1 aliphatic rings. The number of alkyl halides is 3. The smallest absolute Gasteiger partial charge is 0.331 e. The number of carbonyl (C=O) groups is 1. The van der Waals surface area contributed by atoms with Crippen LogP contribution in [0, 0.1) is 0 Å². The van der Waals surface area contributed by atoms with E-state index in [4.69, 9.17) is 0 Å². The first-order valence-electron chi connectivity index (χ1n) is 8.23. The Morgan fingerprint density at radius 1 is 1.16 bits per heavy atom. The molecule has 0 unspecified atom stereocenters. The van der Waals surface area contributed by atoms with Crippen molar-refractivity contribution in [3.8, 4) is 0 Å². The van der Waals surface area contributed by atoms with Crippen molar-refractivity contribution in [1.82, 2.24) is 19.8 Å². The third-order valence-electron chi connectivity index (χ3n) is 4.20. The molecule has 0 atom stereocenters. The van der Waals surface area contributed by atoms with Gasteiger partial charge in [-0.2, -0.15) is 13.2 Å². The summed E-state index contributed by atoms with van der Waals surface area (Å²) in [5.74, 6) is 0.385. The van der Waals surface area contributed by atoms with Crippen LogP contribution in [-0.2, 0) is 5.41 Å². The maximum atomic E-state index is 12.8. The average Bonchev–Trinajstić information content (AvgIpc) is 2.43. The molecular weight excluding hydrogens is 333 g/mol. The van der Waals surface area contributed by atoms with Crippen LogP contribution in [0.15, 0.2) is 12.4 Å². The number of aromatic nitrogens is 2. The Morgan fingerprint density at radius 2 is 1.72 bits per heavy atom. The van der Waals surface area contributed by atoms with Crippen molar-refractivity contribution in [1.29, 1.82) is 0 Å². The van der Waals surface area contributed by atoms with Gasteiger partial charge >= 0.3 is 6.18 Å². The molecule has 0 radical (unpaired) electrons. The quantitative estimate of drug-likeness (QED) is 0.816. The van der Waals surface area contributed by atoms with Gasteiger partial charge in [-0.1, -0.05) is 20.8 Å². The van der Waals surface area contributed by atoms with E-state index in [0.29, 0.717) is 11.4 Å². The second kappa shape index (κ2) is 6.55. The molecule has 140 valence electrons. The second-order valence-electron chi connectivity index (χ2n) is 8.14. The van der Waals surface area contributed by atoms with Crippen LogP contribution in [0.2, 0.25) is 0 Å². The van der Waals surface area contributed by atoms with Crippen LogP contribution in [0.4, 0.5) is 13.2 Å². The summed E-state index contributed by atoms with van der Waals surface area (Å²) in [6, 6.07) is 0. The van der Waals surface area contributed by atoms with Crippen molar-refractivity contribution < 1.29 is 18.0 Å². The molecule has 2 heterocycles. The molecule has 1 saturated heterocycles. The number of amides is 1. The molecule has 0 aliphatic carbocycles. The summed E-state index contributed by atoms with van der Waals surface area (Å²) >= 11 is 0. The van der Waals surface area contributed by atoms with E-state index in [1.165, 1.54) is 17.3 Å². The maximum absolute atomic E-state index is 12.8. The molecule has 1 aromatic heterocycles. The molecule has 0 N–H and O–H groups in total. The summed E-state index contributed by atoms with van der Waals surface area (Å²) in [6.45, 7) is 9.13. The highest BCUT2D eigenvalue weighted by atomic mass is 19.4. The lowest BCUT2D eigenvalue weighted by Crippen LogP contribution is -2.62. The van der Waals surface area contributed by atoms with Crippen LogP contribution in [0.25, 0.3) is 0 Å². The monoisotopic (exact) mass is 358 g/mol. The number of hydrogen-bond donors (Lipinski definition) is 0. The van der Waals surface area contributed by atoms with Gasteiger partial charge in [0.15, 0.2) is 0 Å². The van der Waals surface area contributed by atoms with Crippen LogP contribution in [0.1, 0.15) is 50.8 Å². The zero-order chi connectivity index (χ0) is 19.0. The van der Waals surface area contributed by atoms with Crippen LogP contribution in [0.3, 0.4) is 0 Å². The van der Waals surface area contributed by atoms with Crippen molar-refractivity contribution in [3.05, 3.63) is 23.8 Å². The summed E-state index contributed by atoms with van der Waals surface area (Å²) in [5.41, 5.74) is -0.571. The van der Waals surface area contributed by atoms with Gasteiger partial charge in [0.25, 0.3) is 5.91 Å². The fourth-order valence-corrected chi connectivity index (χ4v) is 3.00. The third kappa shape index (κ3) is 4.90. The summed E-state index contributed by atoms with van der Waals surface area (Å²) in [7, 11) is 0. The van der Waals surface area contributed by atoms with E-state index in [0.717, 1.165) is 0 Å². The van der Waals surface area contributed by atoms with E-state index >= 15 is 0 Å². The number of piperazine rings is 1.